The molecule has 0 bridgehead atoms. The molecular formula is C14H11Cl2N3O2. The van der Waals surface area contributed by atoms with Crippen LogP contribution in [0.3, 0.4) is 0 Å². The molecule has 0 fully saturated rings. The van der Waals surface area contributed by atoms with E-state index in [1.165, 1.54) is 19.2 Å². The fourth-order valence-corrected chi connectivity index (χ4v) is 2.23. The van der Waals surface area contributed by atoms with Crippen LogP contribution >= 0.6 is 23.2 Å². The van der Waals surface area contributed by atoms with E-state index in [9.17, 15) is 9.59 Å². The summed E-state index contributed by atoms with van der Waals surface area (Å²) < 4.78 is 0. The maximum Gasteiger partial charge on any atom is 0.258 e. The third-order valence-corrected chi connectivity index (χ3v) is 3.14. The number of nitrogens with zero attached hydrogens (tertiary/aromatic N) is 1. The van der Waals surface area contributed by atoms with Crippen molar-refractivity contribution in [1.82, 2.24) is 4.98 Å². The largest absolute Gasteiger partial charge is 0.322 e. The summed E-state index contributed by atoms with van der Waals surface area (Å²) in [5.41, 5.74) is 0.661. The molecule has 0 radical (unpaired) electrons. The molecule has 2 aromatic rings. The second-order valence-corrected chi connectivity index (χ2v) is 4.98. The predicted molar refractivity (Wildman–Crippen MR) is 83.0 cm³/mol. The van der Waals surface area contributed by atoms with Gasteiger partial charge in [0.25, 0.3) is 5.91 Å². The number of anilines is 2. The Morgan fingerprint density at radius 2 is 1.76 bits per heavy atom. The molecule has 2 amide bonds. The third kappa shape index (κ3) is 3.93. The molecule has 2 N–H and O–H groups in total. The lowest BCUT2D eigenvalue weighted by atomic mass is 10.2. The first-order valence-corrected chi connectivity index (χ1v) is 6.72. The van der Waals surface area contributed by atoms with Crippen molar-refractivity contribution in [3.05, 3.63) is 52.1 Å². The molecule has 0 atom stereocenters. The van der Waals surface area contributed by atoms with Crippen LogP contribution in [0.25, 0.3) is 0 Å². The van der Waals surface area contributed by atoms with E-state index in [0.29, 0.717) is 11.5 Å². The Balaban J connectivity index is 2.22. The maximum atomic E-state index is 12.2. The van der Waals surface area contributed by atoms with Crippen LogP contribution < -0.4 is 10.6 Å². The molecule has 0 spiro atoms. The molecule has 2 rings (SSSR count). The van der Waals surface area contributed by atoms with Crippen LogP contribution in [-0.2, 0) is 4.79 Å². The molecule has 1 aromatic heterocycles. The molecular weight excluding hydrogens is 313 g/mol. The van der Waals surface area contributed by atoms with E-state index in [4.69, 9.17) is 23.2 Å². The van der Waals surface area contributed by atoms with Crippen molar-refractivity contribution in [2.75, 3.05) is 10.6 Å². The molecule has 7 heteroatoms. The third-order valence-electron chi connectivity index (χ3n) is 2.51. The van der Waals surface area contributed by atoms with Gasteiger partial charge in [0.05, 0.1) is 15.6 Å². The minimum Gasteiger partial charge on any atom is -0.322 e. The molecule has 0 aliphatic carbocycles. The van der Waals surface area contributed by atoms with Crippen molar-refractivity contribution >= 4 is 46.5 Å². The summed E-state index contributed by atoms with van der Waals surface area (Å²) in [5.74, 6) is -0.351. The number of carbonyl (C=O) groups excluding carboxylic acids is 2. The van der Waals surface area contributed by atoms with E-state index in [1.54, 1.807) is 24.3 Å². The number of pyridine rings is 1. The molecule has 5 nitrogen and oxygen atoms in total. The lowest BCUT2D eigenvalue weighted by Gasteiger charge is -2.09. The zero-order valence-electron chi connectivity index (χ0n) is 11.0. The van der Waals surface area contributed by atoms with Crippen LogP contribution in [0.1, 0.15) is 17.3 Å². The topological polar surface area (TPSA) is 71.1 Å². The highest BCUT2D eigenvalue weighted by atomic mass is 35.5. The molecule has 0 saturated heterocycles. The minimum absolute atomic E-state index is 0.193. The fourth-order valence-electron chi connectivity index (χ4n) is 1.67. The van der Waals surface area contributed by atoms with Crippen LogP contribution in [0.4, 0.5) is 11.5 Å². The number of rotatable bonds is 3. The van der Waals surface area contributed by atoms with Gasteiger partial charge in [0.2, 0.25) is 5.91 Å². The Hall–Kier alpha value is -2.11. The average Bonchev–Trinajstić information content (AvgIpc) is 2.37. The monoisotopic (exact) mass is 323 g/mol. The van der Waals surface area contributed by atoms with E-state index in [0.717, 1.165) is 0 Å². The van der Waals surface area contributed by atoms with E-state index < -0.39 is 5.91 Å². The Labute approximate surface area is 131 Å². The molecule has 108 valence electrons. The summed E-state index contributed by atoms with van der Waals surface area (Å²) in [6.45, 7) is 1.37. The molecule has 21 heavy (non-hydrogen) atoms. The van der Waals surface area contributed by atoms with Gasteiger partial charge in [0.15, 0.2) is 0 Å². The van der Waals surface area contributed by atoms with Gasteiger partial charge in [0, 0.05) is 24.9 Å². The zero-order chi connectivity index (χ0) is 15.4. The van der Waals surface area contributed by atoms with Gasteiger partial charge >= 0.3 is 0 Å². The fraction of sp³-hybridized carbons (Fsp3) is 0.0714. The van der Waals surface area contributed by atoms with E-state index in [-0.39, 0.29) is 21.5 Å². The zero-order valence-corrected chi connectivity index (χ0v) is 12.5. The second-order valence-electron chi connectivity index (χ2n) is 4.16. The van der Waals surface area contributed by atoms with Gasteiger partial charge in [-0.05, 0) is 18.2 Å². The SMILES string of the molecule is CC(=O)Nc1cc(NC(=O)c2c(Cl)cccc2Cl)ccn1. The Morgan fingerprint density at radius 1 is 1.10 bits per heavy atom. The number of benzene rings is 1. The standard InChI is InChI=1S/C14H11Cl2N3O2/c1-8(20)18-12-7-9(5-6-17-12)19-14(21)13-10(15)3-2-4-11(13)16/h2-7H,1H3,(H2,17,18,19,20,21). The normalized spacial score (nSPS) is 10.0. The highest BCUT2D eigenvalue weighted by Crippen LogP contribution is 2.25. The Kier molecular flexibility index (Phi) is 4.77. The first-order chi connectivity index (χ1) is 9.97. The summed E-state index contributed by atoms with van der Waals surface area (Å²) in [4.78, 5) is 27.1. The van der Waals surface area contributed by atoms with Gasteiger partial charge in [-0.3, -0.25) is 9.59 Å². The van der Waals surface area contributed by atoms with Gasteiger partial charge < -0.3 is 10.6 Å². The highest BCUT2D eigenvalue weighted by Gasteiger charge is 2.14. The van der Waals surface area contributed by atoms with Gasteiger partial charge in [-0.25, -0.2) is 4.98 Å². The van der Waals surface area contributed by atoms with Crippen molar-refractivity contribution in [2.24, 2.45) is 0 Å². The molecule has 0 unspecified atom stereocenters. The Bertz CT molecular complexity index is 684. The number of halogens is 2. The minimum atomic E-state index is -0.439. The van der Waals surface area contributed by atoms with Crippen molar-refractivity contribution in [1.29, 1.82) is 0 Å². The molecule has 0 aliphatic rings. The first-order valence-electron chi connectivity index (χ1n) is 5.96. The van der Waals surface area contributed by atoms with Gasteiger partial charge in [-0.1, -0.05) is 29.3 Å². The molecule has 0 saturated carbocycles. The quantitative estimate of drug-likeness (QED) is 0.906. The van der Waals surface area contributed by atoms with Crippen molar-refractivity contribution < 1.29 is 9.59 Å². The smallest absolute Gasteiger partial charge is 0.258 e. The number of nitrogens with one attached hydrogen (secondary N) is 2. The van der Waals surface area contributed by atoms with E-state index in [1.807, 2.05) is 0 Å². The Morgan fingerprint density at radius 3 is 2.38 bits per heavy atom. The summed E-state index contributed by atoms with van der Waals surface area (Å²) in [5, 5.41) is 5.70. The van der Waals surface area contributed by atoms with Crippen LogP contribution in [0.15, 0.2) is 36.5 Å². The summed E-state index contributed by atoms with van der Waals surface area (Å²) in [6, 6.07) is 7.94. The maximum absolute atomic E-state index is 12.2. The van der Waals surface area contributed by atoms with E-state index >= 15 is 0 Å². The molecule has 1 aromatic carbocycles. The first kappa shape index (κ1) is 15.3. The van der Waals surface area contributed by atoms with Gasteiger partial charge in [-0.2, -0.15) is 0 Å². The molecule has 1 heterocycles. The van der Waals surface area contributed by atoms with Crippen LogP contribution in [0.5, 0.6) is 0 Å². The number of carbonyl (C=O) groups is 2. The summed E-state index contributed by atoms with van der Waals surface area (Å²) in [6.07, 6.45) is 1.47. The van der Waals surface area contributed by atoms with E-state index in [2.05, 4.69) is 15.6 Å². The second kappa shape index (κ2) is 6.56. The van der Waals surface area contributed by atoms with Gasteiger partial charge in [0.1, 0.15) is 5.82 Å². The average molecular weight is 324 g/mol. The number of amides is 2. The van der Waals surface area contributed by atoms with Gasteiger partial charge in [-0.15, -0.1) is 0 Å². The number of hydrogen-bond donors (Lipinski definition) is 2. The lowest BCUT2D eigenvalue weighted by molar-refractivity contribution is -0.114. The number of aromatic nitrogens is 1. The molecule has 0 aliphatic heterocycles. The van der Waals surface area contributed by atoms with Crippen LogP contribution in [-0.4, -0.2) is 16.8 Å². The van der Waals surface area contributed by atoms with Crippen molar-refractivity contribution in [3.8, 4) is 0 Å². The van der Waals surface area contributed by atoms with Crippen molar-refractivity contribution in [3.63, 3.8) is 0 Å². The van der Waals surface area contributed by atoms with Crippen LogP contribution in [0.2, 0.25) is 10.0 Å². The number of hydrogen-bond acceptors (Lipinski definition) is 3. The lowest BCUT2D eigenvalue weighted by Crippen LogP contribution is -2.14. The van der Waals surface area contributed by atoms with Crippen LogP contribution in [0, 0.1) is 0 Å². The summed E-state index contributed by atoms with van der Waals surface area (Å²) >= 11 is 12.0. The predicted octanol–water partition coefficient (Wildman–Crippen LogP) is 3.60. The summed E-state index contributed by atoms with van der Waals surface area (Å²) in [7, 11) is 0. The highest BCUT2D eigenvalue weighted by molar-refractivity contribution is 6.40. The van der Waals surface area contributed by atoms with Crippen molar-refractivity contribution in [2.45, 2.75) is 6.92 Å².